The third-order valence-corrected chi connectivity index (χ3v) is 3.92. The Morgan fingerprint density at radius 2 is 1.94 bits per heavy atom. The van der Waals surface area contributed by atoms with Gasteiger partial charge in [-0.25, -0.2) is 0 Å². The minimum absolute atomic E-state index is 0.0135. The SMILES string of the molecule is CC(Oc1ccc(I)cc1)C(=O)NC1CCCC1. The van der Waals surface area contributed by atoms with E-state index in [1.165, 1.54) is 12.8 Å². The Labute approximate surface area is 121 Å². The molecule has 1 aromatic rings. The normalized spacial score (nSPS) is 17.4. The molecule has 98 valence electrons. The van der Waals surface area contributed by atoms with E-state index in [0.717, 1.165) is 22.2 Å². The van der Waals surface area contributed by atoms with Gasteiger partial charge in [0.15, 0.2) is 6.10 Å². The van der Waals surface area contributed by atoms with E-state index in [1.54, 1.807) is 6.92 Å². The Kier molecular flexibility index (Phi) is 4.86. The van der Waals surface area contributed by atoms with Gasteiger partial charge in [0.2, 0.25) is 0 Å². The van der Waals surface area contributed by atoms with Crippen LogP contribution in [0.15, 0.2) is 24.3 Å². The molecule has 1 saturated carbocycles. The first-order chi connectivity index (χ1) is 8.65. The van der Waals surface area contributed by atoms with Crippen LogP contribution >= 0.6 is 22.6 Å². The lowest BCUT2D eigenvalue weighted by atomic mass is 10.2. The van der Waals surface area contributed by atoms with Crippen molar-refractivity contribution in [2.24, 2.45) is 0 Å². The number of carbonyl (C=O) groups is 1. The van der Waals surface area contributed by atoms with Gasteiger partial charge in [-0.3, -0.25) is 4.79 Å². The van der Waals surface area contributed by atoms with E-state index in [0.29, 0.717) is 6.04 Å². The quantitative estimate of drug-likeness (QED) is 0.839. The van der Waals surface area contributed by atoms with E-state index >= 15 is 0 Å². The van der Waals surface area contributed by atoms with Gasteiger partial charge in [-0.05, 0) is 66.6 Å². The van der Waals surface area contributed by atoms with Gasteiger partial charge in [-0.1, -0.05) is 12.8 Å². The third kappa shape index (κ3) is 3.86. The van der Waals surface area contributed by atoms with Gasteiger partial charge in [-0.2, -0.15) is 0 Å². The highest BCUT2D eigenvalue weighted by Crippen LogP contribution is 2.18. The highest BCUT2D eigenvalue weighted by Gasteiger charge is 2.21. The standard InChI is InChI=1S/C14H18INO2/c1-10(14(17)16-12-4-2-3-5-12)18-13-8-6-11(15)7-9-13/h6-10,12H,2-5H2,1H3,(H,16,17). The van der Waals surface area contributed by atoms with Crippen molar-refractivity contribution in [3.63, 3.8) is 0 Å². The van der Waals surface area contributed by atoms with Gasteiger partial charge in [-0.15, -0.1) is 0 Å². The number of benzene rings is 1. The number of halogens is 1. The second-order valence-corrected chi connectivity index (χ2v) is 5.95. The zero-order valence-corrected chi connectivity index (χ0v) is 12.6. The summed E-state index contributed by atoms with van der Waals surface area (Å²) < 4.78 is 6.78. The second kappa shape index (κ2) is 6.41. The summed E-state index contributed by atoms with van der Waals surface area (Å²) in [4.78, 5) is 11.9. The molecule has 1 aromatic carbocycles. The first-order valence-corrected chi connectivity index (χ1v) is 7.45. The molecule has 2 rings (SSSR count). The van der Waals surface area contributed by atoms with Crippen molar-refractivity contribution in [1.82, 2.24) is 5.32 Å². The molecule has 0 spiro atoms. The lowest BCUT2D eigenvalue weighted by Crippen LogP contribution is -2.41. The molecule has 0 saturated heterocycles. The summed E-state index contributed by atoms with van der Waals surface area (Å²) in [5, 5.41) is 3.04. The Balaban J connectivity index is 1.84. The van der Waals surface area contributed by atoms with E-state index in [9.17, 15) is 4.79 Å². The maximum absolute atomic E-state index is 11.9. The molecule has 0 bridgehead atoms. The Hall–Kier alpha value is -0.780. The molecule has 1 atom stereocenters. The zero-order chi connectivity index (χ0) is 13.0. The highest BCUT2D eigenvalue weighted by atomic mass is 127. The number of nitrogens with one attached hydrogen (secondary N) is 1. The topological polar surface area (TPSA) is 38.3 Å². The van der Waals surface area contributed by atoms with Crippen LogP contribution in [0.1, 0.15) is 32.6 Å². The molecular formula is C14H18INO2. The molecule has 1 N–H and O–H groups in total. The minimum Gasteiger partial charge on any atom is -0.481 e. The maximum Gasteiger partial charge on any atom is 0.260 e. The van der Waals surface area contributed by atoms with E-state index in [4.69, 9.17) is 4.74 Å². The average molecular weight is 359 g/mol. The molecule has 1 aliphatic rings. The Bertz CT molecular complexity index is 399. The fourth-order valence-electron chi connectivity index (χ4n) is 2.16. The summed E-state index contributed by atoms with van der Waals surface area (Å²) >= 11 is 2.24. The molecule has 18 heavy (non-hydrogen) atoms. The fourth-order valence-corrected chi connectivity index (χ4v) is 2.52. The smallest absolute Gasteiger partial charge is 0.260 e. The second-order valence-electron chi connectivity index (χ2n) is 4.70. The third-order valence-electron chi connectivity index (χ3n) is 3.20. The molecule has 1 aliphatic carbocycles. The first kappa shape index (κ1) is 13.6. The van der Waals surface area contributed by atoms with Crippen molar-refractivity contribution in [2.75, 3.05) is 0 Å². The number of hydrogen-bond acceptors (Lipinski definition) is 2. The molecule has 0 aliphatic heterocycles. The van der Waals surface area contributed by atoms with E-state index in [2.05, 4.69) is 27.9 Å². The van der Waals surface area contributed by atoms with Crippen LogP contribution in [0.4, 0.5) is 0 Å². The van der Waals surface area contributed by atoms with Gasteiger partial charge in [0.1, 0.15) is 5.75 Å². The van der Waals surface area contributed by atoms with Crippen molar-refractivity contribution in [3.8, 4) is 5.75 Å². The van der Waals surface area contributed by atoms with Crippen LogP contribution in [0, 0.1) is 3.57 Å². The fraction of sp³-hybridized carbons (Fsp3) is 0.500. The van der Waals surface area contributed by atoms with Crippen LogP contribution in [-0.4, -0.2) is 18.1 Å². The van der Waals surface area contributed by atoms with Gasteiger partial charge >= 0.3 is 0 Å². The van der Waals surface area contributed by atoms with Crippen LogP contribution in [-0.2, 0) is 4.79 Å². The van der Waals surface area contributed by atoms with Crippen LogP contribution < -0.4 is 10.1 Å². The van der Waals surface area contributed by atoms with Gasteiger partial charge < -0.3 is 10.1 Å². The number of amides is 1. The molecule has 1 unspecified atom stereocenters. The van der Waals surface area contributed by atoms with Crippen molar-refractivity contribution in [3.05, 3.63) is 27.8 Å². The van der Waals surface area contributed by atoms with Crippen molar-refractivity contribution < 1.29 is 9.53 Å². The van der Waals surface area contributed by atoms with Crippen molar-refractivity contribution in [2.45, 2.75) is 44.8 Å². The number of carbonyl (C=O) groups excluding carboxylic acids is 1. The summed E-state index contributed by atoms with van der Waals surface area (Å²) in [6.07, 6.45) is 4.20. The van der Waals surface area contributed by atoms with Gasteiger partial charge in [0, 0.05) is 9.61 Å². The maximum atomic E-state index is 11.9. The number of ether oxygens (including phenoxy) is 1. The zero-order valence-electron chi connectivity index (χ0n) is 10.5. The molecule has 0 heterocycles. The predicted molar refractivity (Wildman–Crippen MR) is 79.6 cm³/mol. The molecule has 1 amide bonds. The highest BCUT2D eigenvalue weighted by molar-refractivity contribution is 14.1. The molecular weight excluding hydrogens is 341 g/mol. The number of hydrogen-bond donors (Lipinski definition) is 1. The van der Waals surface area contributed by atoms with Crippen LogP contribution in [0.3, 0.4) is 0 Å². The summed E-state index contributed by atoms with van der Waals surface area (Å²) in [7, 11) is 0. The van der Waals surface area contributed by atoms with E-state index in [-0.39, 0.29) is 5.91 Å². The van der Waals surface area contributed by atoms with Crippen LogP contribution in [0.2, 0.25) is 0 Å². The summed E-state index contributed by atoms with van der Waals surface area (Å²) in [5.74, 6) is 0.727. The molecule has 1 fully saturated rings. The van der Waals surface area contributed by atoms with Crippen molar-refractivity contribution in [1.29, 1.82) is 0 Å². The lowest BCUT2D eigenvalue weighted by Gasteiger charge is -2.18. The molecule has 4 heteroatoms. The van der Waals surface area contributed by atoms with Crippen molar-refractivity contribution >= 4 is 28.5 Å². The van der Waals surface area contributed by atoms with Crippen LogP contribution in [0.5, 0.6) is 5.75 Å². The predicted octanol–water partition coefficient (Wildman–Crippen LogP) is 3.12. The summed E-state index contributed by atoms with van der Waals surface area (Å²) in [6.45, 7) is 1.79. The Morgan fingerprint density at radius 3 is 2.56 bits per heavy atom. The molecule has 3 nitrogen and oxygen atoms in total. The van der Waals surface area contributed by atoms with Crippen LogP contribution in [0.25, 0.3) is 0 Å². The van der Waals surface area contributed by atoms with Gasteiger partial charge in [0.25, 0.3) is 5.91 Å². The first-order valence-electron chi connectivity index (χ1n) is 6.38. The number of rotatable bonds is 4. The summed E-state index contributed by atoms with van der Waals surface area (Å²) in [5.41, 5.74) is 0. The Morgan fingerprint density at radius 1 is 1.33 bits per heavy atom. The monoisotopic (exact) mass is 359 g/mol. The lowest BCUT2D eigenvalue weighted by molar-refractivity contribution is -0.127. The summed E-state index contributed by atoms with van der Waals surface area (Å²) in [6, 6.07) is 8.07. The van der Waals surface area contributed by atoms with E-state index in [1.807, 2.05) is 24.3 Å². The van der Waals surface area contributed by atoms with Gasteiger partial charge in [0.05, 0.1) is 0 Å². The molecule has 0 aromatic heterocycles. The van der Waals surface area contributed by atoms with E-state index < -0.39 is 6.10 Å². The minimum atomic E-state index is -0.439. The molecule has 0 radical (unpaired) electrons. The average Bonchev–Trinajstić information content (AvgIpc) is 2.85. The largest absolute Gasteiger partial charge is 0.481 e.